The van der Waals surface area contributed by atoms with Gasteiger partial charge in [-0.25, -0.2) is 0 Å². The summed E-state index contributed by atoms with van der Waals surface area (Å²) in [6.45, 7) is 5.50. The van der Waals surface area contributed by atoms with Crippen LogP contribution in [-0.2, 0) is 9.53 Å². The van der Waals surface area contributed by atoms with Crippen LogP contribution in [-0.4, -0.2) is 48.3 Å². The first kappa shape index (κ1) is 14.5. The second kappa shape index (κ2) is 6.97. The Kier molecular flexibility index (Phi) is 5.92. The van der Waals surface area contributed by atoms with Gasteiger partial charge in [-0.1, -0.05) is 13.3 Å². The Hall–Kier alpha value is -0.610. The van der Waals surface area contributed by atoms with Crippen molar-refractivity contribution in [1.29, 1.82) is 0 Å². The van der Waals surface area contributed by atoms with E-state index in [1.54, 1.807) is 7.11 Å². The standard InChI is InChI=1S/C13H25NO3/c1-4-5-12(13(15)16)14(8-9-17-3)10(2)11-6-7-11/h10-12H,4-9H2,1-3H3,(H,15,16). The number of rotatable bonds is 9. The van der Waals surface area contributed by atoms with Crippen LogP contribution in [0.25, 0.3) is 0 Å². The molecule has 0 spiro atoms. The van der Waals surface area contributed by atoms with E-state index in [-0.39, 0.29) is 6.04 Å². The number of ether oxygens (including phenoxy) is 1. The van der Waals surface area contributed by atoms with Gasteiger partial charge in [-0.05, 0) is 32.1 Å². The molecular weight excluding hydrogens is 218 g/mol. The minimum atomic E-state index is -0.699. The van der Waals surface area contributed by atoms with Crippen molar-refractivity contribution < 1.29 is 14.6 Å². The summed E-state index contributed by atoms with van der Waals surface area (Å²) in [6, 6.07) is 0.00329. The van der Waals surface area contributed by atoms with Crippen LogP contribution in [0.2, 0.25) is 0 Å². The average Bonchev–Trinajstić information content (AvgIpc) is 3.11. The van der Waals surface area contributed by atoms with Gasteiger partial charge < -0.3 is 9.84 Å². The molecule has 0 aromatic rings. The fourth-order valence-corrected chi connectivity index (χ4v) is 2.39. The minimum absolute atomic E-state index is 0.356. The summed E-state index contributed by atoms with van der Waals surface area (Å²) < 4.78 is 5.10. The fraction of sp³-hybridized carbons (Fsp3) is 0.923. The van der Waals surface area contributed by atoms with Crippen molar-refractivity contribution in [3.63, 3.8) is 0 Å². The first-order valence-electron chi connectivity index (χ1n) is 6.59. The fourth-order valence-electron chi connectivity index (χ4n) is 2.39. The number of carbonyl (C=O) groups is 1. The molecule has 2 atom stereocenters. The Morgan fingerprint density at radius 2 is 2.18 bits per heavy atom. The third-order valence-corrected chi connectivity index (χ3v) is 3.63. The van der Waals surface area contributed by atoms with Gasteiger partial charge in [0, 0.05) is 19.7 Å². The van der Waals surface area contributed by atoms with Crippen molar-refractivity contribution in [2.45, 2.75) is 51.6 Å². The van der Waals surface area contributed by atoms with E-state index >= 15 is 0 Å². The highest BCUT2D eigenvalue weighted by Crippen LogP contribution is 2.36. The monoisotopic (exact) mass is 243 g/mol. The summed E-state index contributed by atoms with van der Waals surface area (Å²) in [5.41, 5.74) is 0. The normalized spacial score (nSPS) is 19.3. The van der Waals surface area contributed by atoms with Crippen LogP contribution in [0, 0.1) is 5.92 Å². The Bertz CT molecular complexity index is 241. The van der Waals surface area contributed by atoms with Gasteiger partial charge in [0.25, 0.3) is 0 Å². The maximum absolute atomic E-state index is 11.4. The van der Waals surface area contributed by atoms with Gasteiger partial charge in [-0.15, -0.1) is 0 Å². The molecule has 100 valence electrons. The number of carboxylic acids is 1. The predicted octanol–water partition coefficient (Wildman–Crippen LogP) is 1.99. The number of hydrogen-bond donors (Lipinski definition) is 1. The summed E-state index contributed by atoms with van der Waals surface area (Å²) in [4.78, 5) is 13.5. The van der Waals surface area contributed by atoms with Crippen LogP contribution in [0.5, 0.6) is 0 Å². The Morgan fingerprint density at radius 3 is 2.59 bits per heavy atom. The van der Waals surface area contributed by atoms with Gasteiger partial charge in [-0.3, -0.25) is 9.69 Å². The number of hydrogen-bond acceptors (Lipinski definition) is 3. The number of aliphatic carboxylic acids is 1. The van der Waals surface area contributed by atoms with Crippen LogP contribution in [0.1, 0.15) is 39.5 Å². The van der Waals surface area contributed by atoms with Gasteiger partial charge in [0.15, 0.2) is 0 Å². The number of carboxylic acid groups (broad SMARTS) is 1. The molecule has 2 unspecified atom stereocenters. The van der Waals surface area contributed by atoms with Gasteiger partial charge in [-0.2, -0.15) is 0 Å². The third kappa shape index (κ3) is 4.28. The lowest BCUT2D eigenvalue weighted by atomic mass is 10.1. The highest BCUT2D eigenvalue weighted by molar-refractivity contribution is 5.73. The van der Waals surface area contributed by atoms with E-state index < -0.39 is 5.97 Å². The summed E-state index contributed by atoms with van der Waals surface area (Å²) in [6.07, 6.45) is 4.10. The Balaban J connectivity index is 2.66. The molecule has 0 aromatic carbocycles. The Labute approximate surface area is 104 Å². The topological polar surface area (TPSA) is 49.8 Å². The first-order valence-corrected chi connectivity index (χ1v) is 6.59. The van der Waals surface area contributed by atoms with Crippen LogP contribution in [0.15, 0.2) is 0 Å². The van der Waals surface area contributed by atoms with E-state index in [2.05, 4.69) is 11.8 Å². The molecule has 0 aliphatic heterocycles. The summed E-state index contributed by atoms with van der Waals surface area (Å²) in [5.74, 6) is -0.0129. The lowest BCUT2D eigenvalue weighted by Gasteiger charge is -2.34. The lowest BCUT2D eigenvalue weighted by Crippen LogP contribution is -2.48. The summed E-state index contributed by atoms with van der Waals surface area (Å²) >= 11 is 0. The van der Waals surface area contributed by atoms with Gasteiger partial charge >= 0.3 is 5.97 Å². The van der Waals surface area contributed by atoms with Crippen molar-refractivity contribution in [1.82, 2.24) is 4.90 Å². The zero-order valence-corrected chi connectivity index (χ0v) is 11.2. The van der Waals surface area contributed by atoms with E-state index in [4.69, 9.17) is 4.74 Å². The SMILES string of the molecule is CCCC(C(=O)O)N(CCOC)C(C)C1CC1. The highest BCUT2D eigenvalue weighted by Gasteiger charge is 2.36. The van der Waals surface area contributed by atoms with Crippen molar-refractivity contribution in [3.05, 3.63) is 0 Å². The highest BCUT2D eigenvalue weighted by atomic mass is 16.5. The maximum atomic E-state index is 11.4. The zero-order chi connectivity index (χ0) is 12.8. The van der Waals surface area contributed by atoms with E-state index in [0.717, 1.165) is 12.8 Å². The van der Waals surface area contributed by atoms with E-state index in [1.807, 2.05) is 6.92 Å². The largest absolute Gasteiger partial charge is 0.480 e. The van der Waals surface area contributed by atoms with Gasteiger partial charge in [0.1, 0.15) is 6.04 Å². The van der Waals surface area contributed by atoms with E-state index in [0.29, 0.717) is 25.1 Å². The van der Waals surface area contributed by atoms with Crippen molar-refractivity contribution >= 4 is 5.97 Å². The molecular formula is C13H25NO3. The molecule has 0 amide bonds. The molecule has 0 radical (unpaired) electrons. The molecule has 4 nitrogen and oxygen atoms in total. The molecule has 1 fully saturated rings. The molecule has 0 bridgehead atoms. The van der Waals surface area contributed by atoms with Crippen molar-refractivity contribution in [2.24, 2.45) is 5.92 Å². The molecule has 1 aliphatic rings. The minimum Gasteiger partial charge on any atom is -0.480 e. The van der Waals surface area contributed by atoms with E-state index in [1.165, 1.54) is 12.8 Å². The third-order valence-electron chi connectivity index (χ3n) is 3.63. The van der Waals surface area contributed by atoms with Crippen LogP contribution < -0.4 is 0 Å². The number of nitrogens with zero attached hydrogens (tertiary/aromatic N) is 1. The van der Waals surface area contributed by atoms with E-state index in [9.17, 15) is 9.90 Å². The molecule has 1 N–H and O–H groups in total. The molecule has 0 aromatic heterocycles. The maximum Gasteiger partial charge on any atom is 0.320 e. The van der Waals surface area contributed by atoms with Crippen LogP contribution in [0.3, 0.4) is 0 Å². The average molecular weight is 243 g/mol. The molecule has 1 aliphatic carbocycles. The Morgan fingerprint density at radius 1 is 1.53 bits per heavy atom. The van der Waals surface area contributed by atoms with Gasteiger partial charge in [0.05, 0.1) is 6.61 Å². The zero-order valence-electron chi connectivity index (χ0n) is 11.2. The van der Waals surface area contributed by atoms with Crippen LogP contribution in [0.4, 0.5) is 0 Å². The molecule has 1 rings (SSSR count). The molecule has 17 heavy (non-hydrogen) atoms. The molecule has 0 saturated heterocycles. The lowest BCUT2D eigenvalue weighted by molar-refractivity contribution is -0.145. The first-order chi connectivity index (χ1) is 8.11. The van der Waals surface area contributed by atoms with Crippen LogP contribution >= 0.6 is 0 Å². The van der Waals surface area contributed by atoms with Crippen molar-refractivity contribution in [2.75, 3.05) is 20.3 Å². The smallest absolute Gasteiger partial charge is 0.320 e. The molecule has 0 heterocycles. The second-order valence-corrected chi connectivity index (χ2v) is 4.95. The molecule has 4 heteroatoms. The van der Waals surface area contributed by atoms with Gasteiger partial charge in [0.2, 0.25) is 0 Å². The number of methoxy groups -OCH3 is 1. The van der Waals surface area contributed by atoms with Crippen molar-refractivity contribution in [3.8, 4) is 0 Å². The predicted molar refractivity (Wildman–Crippen MR) is 67.1 cm³/mol. The summed E-state index contributed by atoms with van der Waals surface area (Å²) in [5, 5.41) is 9.34. The summed E-state index contributed by atoms with van der Waals surface area (Å²) in [7, 11) is 1.66. The molecule has 1 saturated carbocycles. The second-order valence-electron chi connectivity index (χ2n) is 4.95. The quantitative estimate of drug-likeness (QED) is 0.673.